The van der Waals surface area contributed by atoms with E-state index in [9.17, 15) is 30.7 Å². The summed E-state index contributed by atoms with van der Waals surface area (Å²) in [6.45, 7) is 3.88. The Morgan fingerprint density at radius 1 is 0.969 bits per heavy atom. The lowest BCUT2D eigenvalue weighted by atomic mass is 10.1. The molecule has 0 radical (unpaired) electrons. The first-order chi connectivity index (χ1) is 14.8. The van der Waals surface area contributed by atoms with Crippen LogP contribution >= 0.6 is 11.6 Å². The van der Waals surface area contributed by atoms with Crippen molar-refractivity contribution in [3.8, 4) is 0 Å². The first-order valence-corrected chi connectivity index (χ1v) is 9.59. The number of hydrazone groups is 1. The standard InChI is InChI=1S/C21H17ClF7N3/c1-12-4-3-5-16-17(10-30-31-21(28,29)19(23,24)20(25,26)27)13(2)32(18(12)16)11-14-6-8-15(22)9-7-14/h3-10,31H,11H2,1-2H3/b30-10+. The van der Waals surface area contributed by atoms with Gasteiger partial charge in [0.25, 0.3) is 0 Å². The first-order valence-electron chi connectivity index (χ1n) is 9.21. The number of aryl methyl sites for hydroxylation is 1. The maximum atomic E-state index is 13.5. The number of fused-ring (bicyclic) bond motifs is 1. The second kappa shape index (κ2) is 8.31. The predicted octanol–water partition coefficient (Wildman–Crippen LogP) is 6.67. The summed E-state index contributed by atoms with van der Waals surface area (Å²) in [5, 5.41) is 4.16. The van der Waals surface area contributed by atoms with E-state index < -0.39 is 18.1 Å². The van der Waals surface area contributed by atoms with Gasteiger partial charge >= 0.3 is 18.1 Å². The Hall–Kier alpha value is -2.75. The number of nitrogens with zero attached hydrogens (tertiary/aromatic N) is 2. The first kappa shape index (κ1) is 23.9. The number of hydrogen-bond donors (Lipinski definition) is 1. The third-order valence-electron chi connectivity index (χ3n) is 5.00. The van der Waals surface area contributed by atoms with Gasteiger partial charge in [-0.05, 0) is 37.1 Å². The Morgan fingerprint density at radius 2 is 1.59 bits per heavy atom. The predicted molar refractivity (Wildman–Crippen MR) is 109 cm³/mol. The molecular weight excluding hydrogens is 463 g/mol. The molecule has 3 rings (SSSR count). The van der Waals surface area contributed by atoms with Gasteiger partial charge in [0, 0.05) is 28.2 Å². The van der Waals surface area contributed by atoms with Gasteiger partial charge in [-0.15, -0.1) is 0 Å². The average Bonchev–Trinajstić information content (AvgIpc) is 2.95. The molecule has 0 saturated heterocycles. The van der Waals surface area contributed by atoms with Crippen LogP contribution in [0.25, 0.3) is 10.9 Å². The van der Waals surface area contributed by atoms with Crippen LogP contribution in [0.2, 0.25) is 5.02 Å². The highest BCUT2D eigenvalue weighted by Gasteiger charge is 2.73. The second-order valence-electron chi connectivity index (χ2n) is 7.20. The monoisotopic (exact) mass is 479 g/mol. The Labute approximate surface area is 183 Å². The lowest BCUT2D eigenvalue weighted by molar-refractivity contribution is -0.361. The minimum absolute atomic E-state index is 0.302. The lowest BCUT2D eigenvalue weighted by Crippen LogP contribution is -2.58. The van der Waals surface area contributed by atoms with Gasteiger partial charge in [0.2, 0.25) is 0 Å². The molecule has 0 aliphatic carbocycles. The minimum atomic E-state index is -6.44. The molecule has 32 heavy (non-hydrogen) atoms. The molecule has 2 aromatic carbocycles. The molecule has 11 heteroatoms. The fraction of sp³-hybridized carbons (Fsp3) is 0.286. The van der Waals surface area contributed by atoms with Gasteiger partial charge in [-0.25, -0.2) is 5.43 Å². The van der Waals surface area contributed by atoms with Crippen molar-refractivity contribution in [1.82, 2.24) is 9.99 Å². The summed E-state index contributed by atoms with van der Waals surface area (Å²) in [6.07, 6.45) is -5.63. The number of benzene rings is 2. The molecule has 0 aliphatic rings. The van der Waals surface area contributed by atoms with Crippen molar-refractivity contribution in [2.45, 2.75) is 38.5 Å². The van der Waals surface area contributed by atoms with Gasteiger partial charge < -0.3 is 4.57 Å². The van der Waals surface area contributed by atoms with Crippen LogP contribution < -0.4 is 5.43 Å². The summed E-state index contributed by atoms with van der Waals surface area (Å²) in [6, 6.07) is 6.62. The number of nitrogens with one attached hydrogen (secondary N) is 1. The Bertz CT molecular complexity index is 1150. The molecule has 0 bridgehead atoms. The molecule has 0 atom stereocenters. The normalized spacial score (nSPS) is 13.3. The number of rotatable bonds is 6. The molecule has 172 valence electrons. The highest BCUT2D eigenvalue weighted by atomic mass is 35.5. The van der Waals surface area contributed by atoms with E-state index in [0.29, 0.717) is 33.6 Å². The molecule has 3 aromatic rings. The number of alkyl halides is 7. The van der Waals surface area contributed by atoms with Crippen LogP contribution in [-0.2, 0) is 6.54 Å². The Balaban J connectivity index is 2.00. The zero-order valence-corrected chi connectivity index (χ0v) is 17.5. The second-order valence-corrected chi connectivity index (χ2v) is 7.64. The van der Waals surface area contributed by atoms with Gasteiger partial charge in [-0.2, -0.15) is 35.8 Å². The van der Waals surface area contributed by atoms with Crippen LogP contribution in [0.15, 0.2) is 47.6 Å². The van der Waals surface area contributed by atoms with Crippen LogP contribution in [0, 0.1) is 13.8 Å². The number of aromatic nitrogens is 1. The fourth-order valence-corrected chi connectivity index (χ4v) is 3.43. The van der Waals surface area contributed by atoms with Crippen LogP contribution in [0.5, 0.6) is 0 Å². The highest BCUT2D eigenvalue weighted by Crippen LogP contribution is 2.45. The van der Waals surface area contributed by atoms with Gasteiger partial charge in [0.15, 0.2) is 0 Å². The number of para-hydroxylation sites is 1. The summed E-state index contributed by atoms with van der Waals surface area (Å²) in [5.41, 5.74) is 4.00. The highest BCUT2D eigenvalue weighted by molar-refractivity contribution is 6.30. The Morgan fingerprint density at radius 3 is 2.19 bits per heavy atom. The van der Waals surface area contributed by atoms with E-state index in [-0.39, 0.29) is 0 Å². The summed E-state index contributed by atoms with van der Waals surface area (Å²) in [7, 11) is 0. The molecule has 0 fully saturated rings. The van der Waals surface area contributed by atoms with Crippen LogP contribution in [0.4, 0.5) is 30.7 Å². The summed E-state index contributed by atoms with van der Waals surface area (Å²) < 4.78 is 91.9. The molecular formula is C21H17ClF7N3. The maximum Gasteiger partial charge on any atom is 0.462 e. The van der Waals surface area contributed by atoms with E-state index >= 15 is 0 Å². The zero-order valence-electron chi connectivity index (χ0n) is 16.7. The van der Waals surface area contributed by atoms with Gasteiger partial charge in [-0.1, -0.05) is 41.9 Å². The molecule has 0 aliphatic heterocycles. The lowest BCUT2D eigenvalue weighted by Gasteiger charge is -2.27. The van der Waals surface area contributed by atoms with E-state index in [1.54, 1.807) is 43.3 Å². The Kier molecular flexibility index (Phi) is 6.21. The van der Waals surface area contributed by atoms with Gasteiger partial charge in [0.1, 0.15) is 0 Å². The zero-order chi connectivity index (χ0) is 23.9. The van der Waals surface area contributed by atoms with E-state index in [0.717, 1.165) is 22.9 Å². The molecule has 3 nitrogen and oxygen atoms in total. The maximum absolute atomic E-state index is 13.5. The molecule has 0 saturated carbocycles. The van der Waals surface area contributed by atoms with Crippen molar-refractivity contribution in [2.24, 2.45) is 5.10 Å². The molecule has 0 unspecified atom stereocenters. The van der Waals surface area contributed by atoms with Crippen molar-refractivity contribution in [3.05, 3.63) is 69.9 Å². The molecule has 1 N–H and O–H groups in total. The molecule has 0 amide bonds. The molecule has 1 heterocycles. The third kappa shape index (κ3) is 4.28. The van der Waals surface area contributed by atoms with E-state index in [1.165, 1.54) is 0 Å². The van der Waals surface area contributed by atoms with Crippen molar-refractivity contribution in [1.29, 1.82) is 0 Å². The van der Waals surface area contributed by atoms with Gasteiger partial charge in [0.05, 0.1) is 11.7 Å². The fourth-order valence-electron chi connectivity index (χ4n) is 3.30. The molecule has 1 aromatic heterocycles. The summed E-state index contributed by atoms with van der Waals surface area (Å²) >= 11 is 5.91. The van der Waals surface area contributed by atoms with E-state index in [4.69, 9.17) is 11.6 Å². The van der Waals surface area contributed by atoms with E-state index in [2.05, 4.69) is 5.10 Å². The quantitative estimate of drug-likeness (QED) is 0.182. The van der Waals surface area contributed by atoms with Crippen molar-refractivity contribution < 1.29 is 30.7 Å². The minimum Gasteiger partial charge on any atom is -0.340 e. The summed E-state index contributed by atoms with van der Waals surface area (Å²) in [5.74, 6) is -6.30. The largest absolute Gasteiger partial charge is 0.462 e. The van der Waals surface area contributed by atoms with Crippen molar-refractivity contribution in [3.63, 3.8) is 0 Å². The SMILES string of the molecule is Cc1cccc2c(/C=N/NC(F)(F)C(F)(F)C(F)(F)F)c(C)n(Cc3ccc(Cl)cc3)c12. The van der Waals surface area contributed by atoms with Gasteiger partial charge in [-0.3, -0.25) is 0 Å². The number of hydrogen-bond acceptors (Lipinski definition) is 2. The average molecular weight is 480 g/mol. The summed E-state index contributed by atoms with van der Waals surface area (Å²) in [4.78, 5) is 0. The third-order valence-corrected chi connectivity index (χ3v) is 5.25. The van der Waals surface area contributed by atoms with Crippen LogP contribution in [-0.4, -0.2) is 28.9 Å². The van der Waals surface area contributed by atoms with Crippen molar-refractivity contribution >= 4 is 28.7 Å². The molecule has 0 spiro atoms. The van der Waals surface area contributed by atoms with E-state index in [1.807, 2.05) is 17.6 Å². The smallest absolute Gasteiger partial charge is 0.340 e. The van der Waals surface area contributed by atoms with Crippen molar-refractivity contribution in [2.75, 3.05) is 0 Å². The van der Waals surface area contributed by atoms with Crippen LogP contribution in [0.3, 0.4) is 0 Å². The topological polar surface area (TPSA) is 29.3 Å². The van der Waals surface area contributed by atoms with Crippen LogP contribution in [0.1, 0.15) is 22.4 Å². The number of halogens is 8.